The van der Waals surface area contributed by atoms with E-state index in [1.54, 1.807) is 11.8 Å². The highest BCUT2D eigenvalue weighted by molar-refractivity contribution is 14.0. The summed E-state index contributed by atoms with van der Waals surface area (Å²) >= 11 is 1.76. The third-order valence-electron chi connectivity index (χ3n) is 4.68. The number of benzene rings is 1. The van der Waals surface area contributed by atoms with E-state index in [9.17, 15) is 0 Å². The Morgan fingerprint density at radius 2 is 2.00 bits per heavy atom. The molecule has 2 saturated heterocycles. The van der Waals surface area contributed by atoms with E-state index in [1.807, 2.05) is 0 Å². The highest BCUT2D eigenvalue weighted by atomic mass is 127. The molecular weight excluding hydrogens is 461 g/mol. The van der Waals surface area contributed by atoms with Crippen molar-refractivity contribution < 1.29 is 9.47 Å². The van der Waals surface area contributed by atoms with Crippen LogP contribution in [0.5, 0.6) is 0 Å². The number of aliphatic imine (C=N–C) groups is 1. The Labute approximate surface area is 178 Å². The molecule has 1 aromatic rings. The number of ether oxygens (including phenoxy) is 2. The highest BCUT2D eigenvalue weighted by Gasteiger charge is 2.32. The van der Waals surface area contributed by atoms with Gasteiger partial charge in [-0.25, -0.2) is 4.99 Å². The smallest absolute Gasteiger partial charge is 0.194 e. The fourth-order valence-corrected chi connectivity index (χ4v) is 3.72. The third kappa shape index (κ3) is 6.00. The molecule has 2 heterocycles. The predicted octanol–water partition coefficient (Wildman–Crippen LogP) is 3.37. The summed E-state index contributed by atoms with van der Waals surface area (Å²) in [7, 11) is 0. The number of thioether (sulfide) groups is 1. The summed E-state index contributed by atoms with van der Waals surface area (Å²) in [6.07, 6.45) is 4.74. The molecular formula is C19H30IN3O2S. The summed E-state index contributed by atoms with van der Waals surface area (Å²) in [6.45, 7) is 7.00. The molecule has 5 nitrogen and oxygen atoms in total. The summed E-state index contributed by atoms with van der Waals surface area (Å²) in [5, 5.41) is 3.43. The summed E-state index contributed by atoms with van der Waals surface area (Å²) < 4.78 is 11.8. The van der Waals surface area contributed by atoms with Crippen LogP contribution in [0.15, 0.2) is 34.2 Å². The zero-order valence-corrected chi connectivity index (χ0v) is 18.8. The Balaban J connectivity index is 0.00000243. The van der Waals surface area contributed by atoms with E-state index in [2.05, 4.69) is 47.7 Å². The Hall–Kier alpha value is -0.510. The largest absolute Gasteiger partial charge is 0.375 e. The van der Waals surface area contributed by atoms with E-state index in [0.29, 0.717) is 6.54 Å². The highest BCUT2D eigenvalue weighted by Crippen LogP contribution is 2.21. The minimum absolute atomic E-state index is 0. The van der Waals surface area contributed by atoms with Crippen molar-refractivity contribution >= 4 is 41.7 Å². The second kappa shape index (κ2) is 11.4. The fourth-order valence-electron chi connectivity index (χ4n) is 3.31. The second-order valence-electron chi connectivity index (χ2n) is 6.42. The number of hydrogen-bond donors (Lipinski definition) is 1. The SMILES string of the molecule is CCNC(=NCc1ccc(SC)cc1)N1CCOC(C2CCCO2)C1.I. The van der Waals surface area contributed by atoms with Crippen molar-refractivity contribution in [2.45, 2.75) is 43.4 Å². The van der Waals surface area contributed by atoms with Gasteiger partial charge >= 0.3 is 0 Å². The molecule has 2 unspecified atom stereocenters. The van der Waals surface area contributed by atoms with E-state index < -0.39 is 0 Å². The van der Waals surface area contributed by atoms with Crippen LogP contribution >= 0.6 is 35.7 Å². The molecule has 26 heavy (non-hydrogen) atoms. The maximum Gasteiger partial charge on any atom is 0.194 e. The van der Waals surface area contributed by atoms with Crippen molar-refractivity contribution in [1.29, 1.82) is 0 Å². The second-order valence-corrected chi connectivity index (χ2v) is 7.30. The zero-order chi connectivity index (χ0) is 17.5. The van der Waals surface area contributed by atoms with Crippen molar-refractivity contribution in [3.05, 3.63) is 29.8 Å². The summed E-state index contributed by atoms with van der Waals surface area (Å²) in [6, 6.07) is 8.63. The van der Waals surface area contributed by atoms with Gasteiger partial charge in [-0.1, -0.05) is 12.1 Å². The van der Waals surface area contributed by atoms with E-state index in [1.165, 1.54) is 10.5 Å². The summed E-state index contributed by atoms with van der Waals surface area (Å²) in [5.41, 5.74) is 1.23. The van der Waals surface area contributed by atoms with Crippen LogP contribution in [0, 0.1) is 0 Å². The predicted molar refractivity (Wildman–Crippen MR) is 119 cm³/mol. The lowest BCUT2D eigenvalue weighted by molar-refractivity contribution is -0.0817. The van der Waals surface area contributed by atoms with Gasteiger partial charge in [-0.05, 0) is 43.7 Å². The molecule has 2 aliphatic rings. The van der Waals surface area contributed by atoms with Crippen LogP contribution in [-0.2, 0) is 16.0 Å². The molecule has 0 saturated carbocycles. The maximum atomic E-state index is 5.96. The molecule has 2 aliphatic heterocycles. The van der Waals surface area contributed by atoms with Crippen LogP contribution in [0.1, 0.15) is 25.3 Å². The maximum absolute atomic E-state index is 5.96. The van der Waals surface area contributed by atoms with Crippen molar-refractivity contribution in [1.82, 2.24) is 10.2 Å². The van der Waals surface area contributed by atoms with Gasteiger partial charge in [0.1, 0.15) is 6.10 Å². The van der Waals surface area contributed by atoms with Crippen LogP contribution in [0.25, 0.3) is 0 Å². The van der Waals surface area contributed by atoms with Gasteiger partial charge in [-0.15, -0.1) is 35.7 Å². The molecule has 0 radical (unpaired) electrons. The number of nitrogens with one attached hydrogen (secondary N) is 1. The first kappa shape index (κ1) is 21.8. The number of nitrogens with zero attached hydrogens (tertiary/aromatic N) is 2. The van der Waals surface area contributed by atoms with Gasteiger partial charge in [0.05, 0.1) is 19.3 Å². The Morgan fingerprint density at radius 1 is 1.23 bits per heavy atom. The van der Waals surface area contributed by atoms with E-state index >= 15 is 0 Å². The van der Waals surface area contributed by atoms with Crippen molar-refractivity contribution in [3.8, 4) is 0 Å². The molecule has 0 amide bonds. The van der Waals surface area contributed by atoms with Gasteiger partial charge < -0.3 is 19.7 Å². The quantitative estimate of drug-likeness (QED) is 0.296. The summed E-state index contributed by atoms with van der Waals surface area (Å²) in [4.78, 5) is 8.45. The van der Waals surface area contributed by atoms with Crippen LogP contribution in [-0.4, -0.2) is 62.2 Å². The standard InChI is InChI=1S/C19H29N3O2S.HI/c1-3-20-19(21-13-15-6-8-16(25-2)9-7-15)22-10-12-24-18(14-22)17-5-4-11-23-17;/h6-9,17-18H,3-5,10-14H2,1-2H3,(H,20,21);1H. The van der Waals surface area contributed by atoms with Crippen LogP contribution < -0.4 is 5.32 Å². The first-order chi connectivity index (χ1) is 12.3. The van der Waals surface area contributed by atoms with Gasteiger partial charge in [-0.3, -0.25) is 0 Å². The lowest BCUT2D eigenvalue weighted by Gasteiger charge is -2.37. The first-order valence-corrected chi connectivity index (χ1v) is 10.4. The Morgan fingerprint density at radius 3 is 2.65 bits per heavy atom. The molecule has 146 valence electrons. The lowest BCUT2D eigenvalue weighted by atomic mass is 10.1. The number of morpholine rings is 1. The van der Waals surface area contributed by atoms with Crippen LogP contribution in [0.2, 0.25) is 0 Å². The van der Waals surface area contributed by atoms with Crippen molar-refractivity contribution in [2.75, 3.05) is 39.1 Å². The molecule has 7 heteroatoms. The Bertz CT molecular complexity index is 564. The van der Waals surface area contributed by atoms with Crippen molar-refractivity contribution in [3.63, 3.8) is 0 Å². The minimum Gasteiger partial charge on any atom is -0.375 e. The molecule has 2 fully saturated rings. The average Bonchev–Trinajstić information content (AvgIpc) is 3.20. The van der Waals surface area contributed by atoms with Gasteiger partial charge in [-0.2, -0.15) is 0 Å². The third-order valence-corrected chi connectivity index (χ3v) is 5.42. The topological polar surface area (TPSA) is 46.1 Å². The first-order valence-electron chi connectivity index (χ1n) is 9.19. The molecule has 0 bridgehead atoms. The van der Waals surface area contributed by atoms with Gasteiger partial charge in [0.2, 0.25) is 0 Å². The zero-order valence-electron chi connectivity index (χ0n) is 15.6. The molecule has 1 aromatic carbocycles. The van der Waals surface area contributed by atoms with E-state index in [-0.39, 0.29) is 36.2 Å². The van der Waals surface area contributed by atoms with Gasteiger partial charge in [0, 0.05) is 31.1 Å². The van der Waals surface area contributed by atoms with Gasteiger partial charge in [0.15, 0.2) is 5.96 Å². The monoisotopic (exact) mass is 491 g/mol. The molecule has 0 spiro atoms. The molecule has 0 aromatic heterocycles. The number of halogens is 1. The summed E-state index contributed by atoms with van der Waals surface area (Å²) in [5.74, 6) is 0.975. The lowest BCUT2D eigenvalue weighted by Crippen LogP contribution is -2.53. The fraction of sp³-hybridized carbons (Fsp3) is 0.632. The van der Waals surface area contributed by atoms with Crippen LogP contribution in [0.4, 0.5) is 0 Å². The average molecular weight is 491 g/mol. The molecule has 0 aliphatic carbocycles. The Kier molecular flexibility index (Phi) is 9.52. The molecule has 1 N–H and O–H groups in total. The number of rotatable bonds is 5. The number of hydrogen-bond acceptors (Lipinski definition) is 4. The van der Waals surface area contributed by atoms with Crippen molar-refractivity contribution in [2.24, 2.45) is 4.99 Å². The van der Waals surface area contributed by atoms with E-state index in [4.69, 9.17) is 14.5 Å². The van der Waals surface area contributed by atoms with Crippen LogP contribution in [0.3, 0.4) is 0 Å². The molecule has 3 rings (SSSR count). The minimum atomic E-state index is 0. The van der Waals surface area contributed by atoms with E-state index in [0.717, 1.165) is 51.6 Å². The number of guanidine groups is 1. The normalized spacial score (nSPS) is 23.6. The van der Waals surface area contributed by atoms with Gasteiger partial charge in [0.25, 0.3) is 0 Å². The molecule has 2 atom stereocenters.